The summed E-state index contributed by atoms with van der Waals surface area (Å²) in [5.41, 5.74) is 17.9. The molecule has 0 bridgehead atoms. The Morgan fingerprint density at radius 1 is 0.146 bits per heavy atom. The summed E-state index contributed by atoms with van der Waals surface area (Å²) < 4.78 is 40.9. The Labute approximate surface area is 853 Å². The third-order valence-corrected chi connectivity index (χ3v) is 38.4. The van der Waals surface area contributed by atoms with Crippen molar-refractivity contribution in [2.45, 2.75) is 0 Å². The van der Waals surface area contributed by atoms with Crippen LogP contribution in [0.3, 0.4) is 0 Å². The van der Waals surface area contributed by atoms with E-state index in [2.05, 4.69) is 439 Å². The second-order valence-corrected chi connectivity index (χ2v) is 45.4. The molecule has 674 valence electrons. The molecule has 144 heavy (non-hydrogen) atoms. The smallest absolute Gasteiger partial charge is 0.159 e. The van der Waals surface area contributed by atoms with Crippen molar-refractivity contribution in [1.29, 1.82) is 0 Å². The molecule has 0 radical (unpaired) electrons. The van der Waals surface area contributed by atoms with Crippen molar-refractivity contribution in [3.8, 4) is 11.1 Å². The number of rotatable bonds is 10. The monoisotopic (exact) mass is 1980 g/mol. The number of hydrogen-bond donors (Lipinski definition) is 0. The van der Waals surface area contributed by atoms with E-state index in [1.807, 2.05) is 109 Å². The Hall–Kier alpha value is -16.3. The third-order valence-electron chi connectivity index (χ3n) is 29.0. The van der Waals surface area contributed by atoms with Crippen molar-refractivity contribution < 1.29 is 13.3 Å². The van der Waals surface area contributed by atoms with Gasteiger partial charge in [-0.2, -0.15) is 0 Å². The molecule has 0 atom stereocenters. The average molecular weight is 1980 g/mol. The molecule has 33 rings (SSSR count). The number of hydrogen-bond acceptors (Lipinski definition) is 14. The van der Waals surface area contributed by atoms with Gasteiger partial charge in [-0.05, 0) is 174 Å². The van der Waals surface area contributed by atoms with Crippen molar-refractivity contribution >= 4 is 380 Å². The first-order valence-electron chi connectivity index (χ1n) is 48.2. The van der Waals surface area contributed by atoms with Gasteiger partial charge in [0.1, 0.15) is 27.9 Å². The van der Waals surface area contributed by atoms with Crippen LogP contribution in [0.25, 0.3) is 249 Å². The summed E-state index contributed by atoms with van der Waals surface area (Å²) in [5.74, 6) is 0. The third kappa shape index (κ3) is 12.7. The fraction of sp³-hybridized carbons (Fsp3) is 0. The number of furan rings is 3. The number of anilines is 9. The van der Waals surface area contributed by atoms with Crippen LogP contribution in [0.15, 0.2) is 456 Å². The maximum absolute atomic E-state index is 6.97. The van der Waals surface area contributed by atoms with Gasteiger partial charge >= 0.3 is 0 Å². The molecule has 0 saturated heterocycles. The van der Waals surface area contributed by atoms with Crippen LogP contribution in [-0.4, -0.2) is 0 Å². The zero-order chi connectivity index (χ0) is 94.0. The van der Waals surface area contributed by atoms with Crippen LogP contribution in [-0.2, 0) is 0 Å². The van der Waals surface area contributed by atoms with E-state index in [-0.39, 0.29) is 0 Å². The van der Waals surface area contributed by atoms with Crippen LogP contribution in [0.2, 0.25) is 0 Å². The predicted octanol–water partition coefficient (Wildman–Crippen LogP) is 42.9. The molecule has 11 heterocycles. The fourth-order valence-electron chi connectivity index (χ4n) is 22.7. The Morgan fingerprint density at radius 3 is 0.986 bits per heavy atom. The summed E-state index contributed by atoms with van der Waals surface area (Å²) in [6, 6.07) is 161. The highest BCUT2D eigenvalue weighted by molar-refractivity contribution is 7.32. The molecular formula is C130H73N3O3S8. The molecule has 0 N–H and O–H groups in total. The zero-order valence-electron chi connectivity index (χ0n) is 76.5. The van der Waals surface area contributed by atoms with E-state index in [4.69, 9.17) is 13.3 Å². The van der Waals surface area contributed by atoms with Crippen molar-refractivity contribution in [2.75, 3.05) is 14.7 Å². The molecule has 11 aromatic heterocycles. The summed E-state index contributed by atoms with van der Waals surface area (Å²) in [5, 5.41) is 30.1. The SMILES string of the molecule is c1ccc(-c2ccc(N(c3cccc4c3oc3c5ccccc5ccc43)c3cccc4sc5ccc6c7ccccc7sc6c5c34)cc2)cc1.c1ccc2c(c1)oc1cc(N(c3cccc4oc5ccccc5c34)c3cccc4sc5ccc6c7ccccc7sc6c5c34)ccc12.c1ccc2c(c1)sc1c(N(c3cccc4c3sc3ccccc34)c3cccc4sc5ccc6c7ccccc7sc6c5c34)cccc12. The van der Waals surface area contributed by atoms with Crippen molar-refractivity contribution in [3.05, 3.63) is 443 Å². The number of para-hydroxylation sites is 3. The first-order valence-corrected chi connectivity index (χ1v) is 54.7. The summed E-state index contributed by atoms with van der Waals surface area (Å²) in [7, 11) is 0. The molecule has 22 aromatic carbocycles. The van der Waals surface area contributed by atoms with Crippen LogP contribution in [0.1, 0.15) is 0 Å². The largest absolute Gasteiger partial charge is 0.456 e. The van der Waals surface area contributed by atoms with Gasteiger partial charge < -0.3 is 28.0 Å². The quantitative estimate of drug-likeness (QED) is 0.136. The average Bonchev–Trinajstić information content (AvgIpc) is 1.56. The second-order valence-electron chi connectivity index (χ2n) is 36.9. The molecule has 0 fully saturated rings. The van der Waals surface area contributed by atoms with Crippen LogP contribution < -0.4 is 14.7 Å². The van der Waals surface area contributed by atoms with Gasteiger partial charge in [0.05, 0.1) is 54.6 Å². The minimum atomic E-state index is 0.868. The highest BCUT2D eigenvalue weighted by Crippen LogP contribution is 2.59. The van der Waals surface area contributed by atoms with E-state index in [0.29, 0.717) is 0 Å². The predicted molar refractivity (Wildman–Crippen MR) is 631 cm³/mol. The Kier molecular flexibility index (Phi) is 18.7. The number of benzene rings is 22. The van der Waals surface area contributed by atoms with Gasteiger partial charge in [0.25, 0.3) is 0 Å². The molecule has 33 aromatic rings. The van der Waals surface area contributed by atoms with Gasteiger partial charge in [0, 0.05) is 202 Å². The molecular weight excluding hydrogens is 1910 g/mol. The molecule has 0 aliphatic heterocycles. The van der Waals surface area contributed by atoms with Gasteiger partial charge in [0.15, 0.2) is 5.58 Å². The lowest BCUT2D eigenvalue weighted by molar-refractivity contribution is 0.669. The van der Waals surface area contributed by atoms with Crippen LogP contribution in [0.5, 0.6) is 0 Å². The molecule has 0 amide bonds. The lowest BCUT2D eigenvalue weighted by Crippen LogP contribution is -2.10. The number of fused-ring (bicyclic) bond motifs is 38. The Bertz CT molecular complexity index is 11100. The summed E-state index contributed by atoms with van der Waals surface area (Å²) in [6.45, 7) is 0. The number of thiophene rings is 8. The lowest BCUT2D eigenvalue weighted by atomic mass is 10.0. The molecule has 0 saturated carbocycles. The minimum absolute atomic E-state index is 0.868. The maximum Gasteiger partial charge on any atom is 0.159 e. The van der Waals surface area contributed by atoms with Gasteiger partial charge in [0.2, 0.25) is 0 Å². The maximum atomic E-state index is 6.97. The van der Waals surface area contributed by atoms with Crippen molar-refractivity contribution in [1.82, 2.24) is 0 Å². The standard InChI is InChI=1S/C46H27NOS2.C42H23NO2S2.C42H23NS4/c1-2-10-28(11-3-1)29-20-23-31(24-21-29)47(38-17-8-15-34-35-25-22-30-12-4-5-13-32(30)44(35)48-45(34)38)37-16-9-19-40-42(37)43-41(49-40)27-26-36-33-14-6-7-18-39(33)50-46(36)43;1-4-14-32-25(9-1)26-20-19-24(23-35(26)45-32)43(30-12-7-16-34-39(30)29-11-2-5-15-33(29)44-34)31-13-8-18-37-40(31)41-38(46-37)22-21-28-27-10-3-6-17-36(27)47-42(28)41;1-4-18-33-24(10-1)27-13-7-16-31(40(27)45-33)43(32-17-8-14-28-25-11-2-5-19-34(25)46-41(28)32)30-15-9-21-36-38(30)39-37(44-36)23-22-29-26-12-3-6-20-35(26)47-42(29)39/h1-27H;2*1-23H. The second kappa shape index (κ2) is 32.6. The van der Waals surface area contributed by atoms with Crippen LogP contribution >= 0.6 is 90.7 Å². The topological polar surface area (TPSA) is 49.1 Å². The highest BCUT2D eigenvalue weighted by Gasteiger charge is 2.31. The molecule has 0 unspecified atom stereocenters. The molecule has 0 aliphatic rings. The normalized spacial score (nSPS) is 12.2. The number of nitrogens with zero attached hydrogens (tertiary/aromatic N) is 3. The van der Waals surface area contributed by atoms with Crippen molar-refractivity contribution in [3.63, 3.8) is 0 Å². The van der Waals surface area contributed by atoms with Crippen LogP contribution in [0, 0.1) is 0 Å². The van der Waals surface area contributed by atoms with E-state index in [1.165, 1.54) is 195 Å². The molecule has 0 spiro atoms. The van der Waals surface area contributed by atoms with Gasteiger partial charge in [-0.25, -0.2) is 0 Å². The van der Waals surface area contributed by atoms with E-state index >= 15 is 0 Å². The first kappa shape index (κ1) is 82.4. The van der Waals surface area contributed by atoms with E-state index in [1.54, 1.807) is 0 Å². The summed E-state index contributed by atoms with van der Waals surface area (Å²) in [4.78, 5) is 7.41. The molecule has 0 aliphatic carbocycles. The van der Waals surface area contributed by atoms with Gasteiger partial charge in [-0.1, -0.05) is 279 Å². The van der Waals surface area contributed by atoms with Crippen molar-refractivity contribution in [2.24, 2.45) is 0 Å². The highest BCUT2D eigenvalue weighted by atomic mass is 32.1. The van der Waals surface area contributed by atoms with Gasteiger partial charge in [-0.15, -0.1) is 90.7 Å². The first-order chi connectivity index (χ1) is 71.4. The summed E-state index contributed by atoms with van der Waals surface area (Å²) in [6.07, 6.45) is 0. The van der Waals surface area contributed by atoms with E-state index in [0.717, 1.165) is 105 Å². The fourth-order valence-corrected chi connectivity index (χ4v) is 32.5. The zero-order valence-corrected chi connectivity index (χ0v) is 83.0. The Balaban J connectivity index is 0.0000000986. The van der Waals surface area contributed by atoms with E-state index in [9.17, 15) is 0 Å². The van der Waals surface area contributed by atoms with E-state index < -0.39 is 0 Å². The summed E-state index contributed by atoms with van der Waals surface area (Å²) >= 11 is 15.2. The van der Waals surface area contributed by atoms with Crippen LogP contribution in [0.4, 0.5) is 51.2 Å². The lowest BCUT2D eigenvalue weighted by Gasteiger charge is -2.27. The molecule has 6 nitrogen and oxygen atoms in total. The minimum Gasteiger partial charge on any atom is -0.456 e. The molecule has 14 heteroatoms. The Morgan fingerprint density at radius 2 is 0.465 bits per heavy atom. The van der Waals surface area contributed by atoms with Gasteiger partial charge in [-0.3, -0.25) is 0 Å².